The average molecular weight is 424 g/mol. The lowest BCUT2D eigenvalue weighted by Gasteiger charge is -2.20. The Kier molecular flexibility index (Phi) is 7.07. The van der Waals surface area contributed by atoms with Gasteiger partial charge >= 0.3 is 0 Å². The molecule has 4 rings (SSSR count). The molecule has 6 heteroatoms. The van der Waals surface area contributed by atoms with Crippen LogP contribution in [0.15, 0.2) is 47.4 Å². The van der Waals surface area contributed by atoms with Crippen molar-refractivity contribution in [2.75, 3.05) is 24.2 Å². The second-order valence-corrected chi connectivity index (χ2v) is 9.19. The highest BCUT2D eigenvalue weighted by molar-refractivity contribution is 7.99. The van der Waals surface area contributed by atoms with Crippen LogP contribution in [-0.2, 0) is 17.9 Å². The number of likely N-dealkylation sites (tertiary alicyclic amines) is 1. The number of anilines is 1. The number of thioether (sulfide) groups is 1. The van der Waals surface area contributed by atoms with E-state index < -0.39 is 0 Å². The molecule has 0 aliphatic carbocycles. The Hall–Kier alpha value is -2.31. The van der Waals surface area contributed by atoms with Crippen LogP contribution >= 0.6 is 11.8 Å². The topological polar surface area (TPSA) is 61.4 Å². The van der Waals surface area contributed by atoms with Crippen LogP contribution in [0.4, 0.5) is 5.69 Å². The Morgan fingerprint density at radius 3 is 2.67 bits per heavy atom. The number of hydrogen-bond acceptors (Lipinski definition) is 4. The summed E-state index contributed by atoms with van der Waals surface area (Å²) in [6, 6.07) is 14.0. The third-order valence-electron chi connectivity index (χ3n) is 5.65. The highest BCUT2D eigenvalue weighted by Gasteiger charge is 2.16. The summed E-state index contributed by atoms with van der Waals surface area (Å²) in [5, 5.41) is 5.92. The fraction of sp³-hybridized carbons (Fsp3) is 0.417. The summed E-state index contributed by atoms with van der Waals surface area (Å²) in [7, 11) is 0. The van der Waals surface area contributed by atoms with E-state index in [0.29, 0.717) is 18.5 Å². The molecule has 0 spiro atoms. The quantitative estimate of drug-likeness (QED) is 0.747. The molecule has 0 atom stereocenters. The fourth-order valence-electron chi connectivity index (χ4n) is 4.04. The van der Waals surface area contributed by atoms with Crippen molar-refractivity contribution in [2.45, 2.75) is 50.1 Å². The number of rotatable bonds is 5. The zero-order valence-electron chi connectivity index (χ0n) is 17.3. The molecule has 2 amide bonds. The standard InChI is InChI=1S/C24H29N3O2S/c28-23-10-13-30-22-9-8-20(15-21(22)26-23)24(29)25-16-18-6-5-7-19(14-18)17-27-11-3-1-2-4-12-27/h5-9,14-15H,1-4,10-13,16-17H2,(H,25,29)(H,26,28). The van der Waals surface area contributed by atoms with E-state index in [2.05, 4.69) is 39.8 Å². The Balaban J connectivity index is 1.36. The highest BCUT2D eigenvalue weighted by atomic mass is 32.2. The number of nitrogens with zero attached hydrogens (tertiary/aromatic N) is 1. The highest BCUT2D eigenvalue weighted by Crippen LogP contribution is 2.31. The minimum absolute atomic E-state index is 0.0000294. The van der Waals surface area contributed by atoms with Crippen LogP contribution in [0.3, 0.4) is 0 Å². The van der Waals surface area contributed by atoms with Crippen molar-refractivity contribution >= 4 is 29.3 Å². The molecule has 2 aromatic carbocycles. The van der Waals surface area contributed by atoms with Crippen LogP contribution in [0.1, 0.15) is 53.6 Å². The second-order valence-electron chi connectivity index (χ2n) is 8.05. The molecule has 30 heavy (non-hydrogen) atoms. The van der Waals surface area contributed by atoms with Crippen LogP contribution in [0, 0.1) is 0 Å². The number of nitrogens with one attached hydrogen (secondary N) is 2. The third-order valence-corrected chi connectivity index (χ3v) is 6.73. The smallest absolute Gasteiger partial charge is 0.251 e. The molecule has 158 valence electrons. The van der Waals surface area contributed by atoms with Gasteiger partial charge in [-0.15, -0.1) is 11.8 Å². The van der Waals surface area contributed by atoms with E-state index in [0.717, 1.165) is 28.4 Å². The molecule has 2 N–H and O–H groups in total. The Labute approximate surface area is 182 Å². The normalized spacial score (nSPS) is 17.4. The van der Waals surface area contributed by atoms with Crippen molar-refractivity contribution in [3.8, 4) is 0 Å². The van der Waals surface area contributed by atoms with Crippen molar-refractivity contribution in [3.05, 3.63) is 59.2 Å². The van der Waals surface area contributed by atoms with E-state index in [-0.39, 0.29) is 11.8 Å². The van der Waals surface area contributed by atoms with Crippen molar-refractivity contribution in [3.63, 3.8) is 0 Å². The maximum absolute atomic E-state index is 12.7. The van der Waals surface area contributed by atoms with E-state index in [1.165, 1.54) is 44.3 Å². The first-order valence-electron chi connectivity index (χ1n) is 10.8. The molecular formula is C24H29N3O2S. The molecule has 1 saturated heterocycles. The number of benzene rings is 2. The summed E-state index contributed by atoms with van der Waals surface area (Å²) < 4.78 is 0. The number of carbonyl (C=O) groups is 2. The molecule has 0 bridgehead atoms. The second kappa shape index (κ2) is 10.1. The van der Waals surface area contributed by atoms with Gasteiger partial charge in [0, 0.05) is 35.7 Å². The van der Waals surface area contributed by atoms with Gasteiger partial charge in [-0.1, -0.05) is 37.1 Å². The summed E-state index contributed by atoms with van der Waals surface area (Å²) >= 11 is 1.64. The predicted octanol–water partition coefficient (Wildman–Crippen LogP) is 4.43. The molecule has 1 fully saturated rings. The number of fused-ring (bicyclic) bond motifs is 1. The summed E-state index contributed by atoms with van der Waals surface area (Å²) in [5.74, 6) is 0.636. The van der Waals surface area contributed by atoms with Crippen molar-refractivity contribution in [1.29, 1.82) is 0 Å². The first-order chi connectivity index (χ1) is 14.7. The van der Waals surface area contributed by atoms with Gasteiger partial charge in [0.2, 0.25) is 5.91 Å². The third kappa shape index (κ3) is 5.64. The maximum Gasteiger partial charge on any atom is 0.251 e. The lowest BCUT2D eigenvalue weighted by molar-refractivity contribution is -0.115. The van der Waals surface area contributed by atoms with E-state index in [1.807, 2.05) is 12.1 Å². The number of hydrogen-bond donors (Lipinski definition) is 2. The molecule has 2 heterocycles. The van der Waals surface area contributed by atoms with Gasteiger partial charge in [0.1, 0.15) is 0 Å². The van der Waals surface area contributed by atoms with Gasteiger partial charge in [0.25, 0.3) is 5.91 Å². The average Bonchev–Trinajstić information content (AvgIpc) is 3.11. The molecule has 5 nitrogen and oxygen atoms in total. The van der Waals surface area contributed by atoms with Gasteiger partial charge < -0.3 is 10.6 Å². The largest absolute Gasteiger partial charge is 0.348 e. The molecule has 0 aromatic heterocycles. The lowest BCUT2D eigenvalue weighted by atomic mass is 10.1. The Morgan fingerprint density at radius 1 is 1.03 bits per heavy atom. The minimum atomic E-state index is -0.126. The van der Waals surface area contributed by atoms with Gasteiger partial charge in [-0.25, -0.2) is 0 Å². The number of carbonyl (C=O) groups excluding carboxylic acids is 2. The van der Waals surface area contributed by atoms with E-state index in [4.69, 9.17) is 0 Å². The minimum Gasteiger partial charge on any atom is -0.348 e. The van der Waals surface area contributed by atoms with Gasteiger partial charge in [0.15, 0.2) is 0 Å². The van der Waals surface area contributed by atoms with Gasteiger partial charge in [0.05, 0.1) is 5.69 Å². The monoisotopic (exact) mass is 423 g/mol. The SMILES string of the molecule is O=C1CCSc2ccc(C(=O)NCc3cccc(CN4CCCCCC4)c3)cc2N1. The Morgan fingerprint density at radius 2 is 1.83 bits per heavy atom. The van der Waals surface area contributed by atoms with Gasteiger partial charge in [-0.05, 0) is 55.3 Å². The van der Waals surface area contributed by atoms with Crippen molar-refractivity contribution < 1.29 is 9.59 Å². The molecule has 2 aromatic rings. The molecular weight excluding hydrogens is 394 g/mol. The molecule has 0 unspecified atom stereocenters. The summed E-state index contributed by atoms with van der Waals surface area (Å²) in [6.45, 7) is 3.82. The lowest BCUT2D eigenvalue weighted by Crippen LogP contribution is -2.25. The zero-order chi connectivity index (χ0) is 20.8. The Bertz CT molecular complexity index is 907. The zero-order valence-corrected chi connectivity index (χ0v) is 18.1. The first kappa shape index (κ1) is 20.9. The summed E-state index contributed by atoms with van der Waals surface area (Å²) in [5.41, 5.74) is 3.70. The van der Waals surface area contributed by atoms with Crippen LogP contribution in [0.25, 0.3) is 0 Å². The van der Waals surface area contributed by atoms with Crippen molar-refractivity contribution in [2.24, 2.45) is 0 Å². The molecule has 0 saturated carbocycles. The van der Waals surface area contributed by atoms with Crippen LogP contribution < -0.4 is 10.6 Å². The summed E-state index contributed by atoms with van der Waals surface area (Å²) in [4.78, 5) is 28.0. The fourth-order valence-corrected chi connectivity index (χ4v) is 4.97. The van der Waals surface area contributed by atoms with Crippen LogP contribution in [0.5, 0.6) is 0 Å². The molecule has 0 radical (unpaired) electrons. The van der Waals surface area contributed by atoms with Gasteiger partial charge in [-0.3, -0.25) is 14.5 Å². The van der Waals surface area contributed by atoms with Crippen LogP contribution in [-0.4, -0.2) is 35.6 Å². The van der Waals surface area contributed by atoms with Crippen molar-refractivity contribution in [1.82, 2.24) is 10.2 Å². The van der Waals surface area contributed by atoms with Gasteiger partial charge in [-0.2, -0.15) is 0 Å². The predicted molar refractivity (Wildman–Crippen MR) is 122 cm³/mol. The molecule has 2 aliphatic heterocycles. The van der Waals surface area contributed by atoms with E-state index in [1.54, 1.807) is 17.8 Å². The maximum atomic E-state index is 12.7. The first-order valence-corrected chi connectivity index (χ1v) is 11.8. The van der Waals surface area contributed by atoms with Crippen LogP contribution in [0.2, 0.25) is 0 Å². The van der Waals surface area contributed by atoms with E-state index >= 15 is 0 Å². The number of amides is 2. The summed E-state index contributed by atoms with van der Waals surface area (Å²) in [6.07, 6.45) is 5.75. The molecule has 2 aliphatic rings. The van der Waals surface area contributed by atoms with E-state index in [9.17, 15) is 9.59 Å².